The second-order valence-corrected chi connectivity index (χ2v) is 6.37. The van der Waals surface area contributed by atoms with Crippen LogP contribution in [0.2, 0.25) is 0 Å². The quantitative estimate of drug-likeness (QED) is 0.791. The Bertz CT molecular complexity index is 585. The highest BCUT2D eigenvalue weighted by atomic mass is 32.2. The number of hydrogen-bond donors (Lipinski definition) is 0. The SMILES string of the molecule is CCOC(=O)C1CCCN1S(=O)(=O)c1ccc(F)cc1. The molecule has 0 aromatic heterocycles. The smallest absolute Gasteiger partial charge is 0.324 e. The van der Waals surface area contributed by atoms with Crippen LogP contribution in [0, 0.1) is 5.82 Å². The van der Waals surface area contributed by atoms with Gasteiger partial charge in [-0.05, 0) is 44.0 Å². The topological polar surface area (TPSA) is 63.7 Å². The molecule has 2 rings (SSSR count). The van der Waals surface area contributed by atoms with Gasteiger partial charge >= 0.3 is 5.97 Å². The predicted molar refractivity (Wildman–Crippen MR) is 69.9 cm³/mol. The lowest BCUT2D eigenvalue weighted by Crippen LogP contribution is -2.41. The summed E-state index contributed by atoms with van der Waals surface area (Å²) in [4.78, 5) is 11.8. The van der Waals surface area contributed by atoms with Crippen molar-refractivity contribution in [3.8, 4) is 0 Å². The Labute approximate surface area is 117 Å². The van der Waals surface area contributed by atoms with E-state index in [4.69, 9.17) is 4.74 Å². The molecule has 0 aliphatic carbocycles. The number of benzene rings is 1. The Kier molecular flexibility index (Phi) is 4.39. The van der Waals surface area contributed by atoms with E-state index < -0.39 is 27.9 Å². The number of sulfonamides is 1. The molecule has 1 aliphatic heterocycles. The zero-order chi connectivity index (χ0) is 14.8. The molecule has 1 aliphatic rings. The van der Waals surface area contributed by atoms with Gasteiger partial charge in [-0.1, -0.05) is 0 Å². The number of ether oxygens (including phenoxy) is 1. The van der Waals surface area contributed by atoms with Crippen molar-refractivity contribution in [2.45, 2.75) is 30.7 Å². The Morgan fingerprint density at radius 2 is 2.05 bits per heavy atom. The second kappa shape index (κ2) is 5.88. The molecule has 110 valence electrons. The van der Waals surface area contributed by atoms with E-state index in [9.17, 15) is 17.6 Å². The minimum atomic E-state index is -3.80. The molecular formula is C13H16FNO4S. The third-order valence-corrected chi connectivity index (χ3v) is 5.10. The minimum Gasteiger partial charge on any atom is -0.465 e. The Hall–Kier alpha value is -1.47. The molecule has 5 nitrogen and oxygen atoms in total. The first-order valence-electron chi connectivity index (χ1n) is 6.41. The standard InChI is InChI=1S/C13H16FNO4S/c1-2-19-13(16)12-4-3-9-15(12)20(17,18)11-7-5-10(14)6-8-11/h5-8,12H,2-4,9H2,1H3. The number of rotatable bonds is 4. The van der Waals surface area contributed by atoms with Crippen molar-refractivity contribution in [1.82, 2.24) is 4.31 Å². The van der Waals surface area contributed by atoms with Crippen LogP contribution in [0.1, 0.15) is 19.8 Å². The predicted octanol–water partition coefficient (Wildman–Crippen LogP) is 1.54. The first kappa shape index (κ1) is 14.9. The molecule has 1 fully saturated rings. The number of esters is 1. The van der Waals surface area contributed by atoms with Crippen LogP contribution in [0.4, 0.5) is 4.39 Å². The fourth-order valence-electron chi connectivity index (χ4n) is 2.24. The summed E-state index contributed by atoms with van der Waals surface area (Å²) in [5.74, 6) is -1.04. The number of halogens is 1. The average molecular weight is 301 g/mol. The summed E-state index contributed by atoms with van der Waals surface area (Å²) in [5.41, 5.74) is 0. The summed E-state index contributed by atoms with van der Waals surface area (Å²) < 4.78 is 43.8. The molecule has 7 heteroatoms. The normalized spacial score (nSPS) is 20.0. The van der Waals surface area contributed by atoms with Crippen LogP contribution in [0.15, 0.2) is 29.2 Å². The number of hydrogen-bond acceptors (Lipinski definition) is 4. The van der Waals surface area contributed by atoms with E-state index in [0.717, 1.165) is 16.4 Å². The van der Waals surface area contributed by atoms with Crippen LogP contribution >= 0.6 is 0 Å². The molecule has 1 aromatic rings. The summed E-state index contributed by atoms with van der Waals surface area (Å²) in [6.07, 6.45) is 1.04. The largest absolute Gasteiger partial charge is 0.465 e. The van der Waals surface area contributed by atoms with Crippen LogP contribution in [0.25, 0.3) is 0 Å². The molecule has 0 spiro atoms. The van der Waals surface area contributed by atoms with Gasteiger partial charge in [0, 0.05) is 6.54 Å². The molecule has 0 bridgehead atoms. The Morgan fingerprint density at radius 3 is 2.65 bits per heavy atom. The summed E-state index contributed by atoms with van der Waals surface area (Å²) in [5, 5.41) is 0. The van der Waals surface area contributed by atoms with E-state index in [0.29, 0.717) is 12.8 Å². The molecule has 0 amide bonds. The first-order chi connectivity index (χ1) is 9.46. The van der Waals surface area contributed by atoms with E-state index in [1.54, 1.807) is 6.92 Å². The van der Waals surface area contributed by atoms with Crippen molar-refractivity contribution in [3.05, 3.63) is 30.1 Å². The maximum absolute atomic E-state index is 12.9. The fraction of sp³-hybridized carbons (Fsp3) is 0.462. The Balaban J connectivity index is 2.28. The van der Waals surface area contributed by atoms with E-state index in [1.807, 2.05) is 0 Å². The molecule has 0 radical (unpaired) electrons. The van der Waals surface area contributed by atoms with Gasteiger partial charge in [0.1, 0.15) is 11.9 Å². The third-order valence-electron chi connectivity index (χ3n) is 3.18. The summed E-state index contributed by atoms with van der Waals surface area (Å²) in [6, 6.07) is 3.78. The Morgan fingerprint density at radius 1 is 1.40 bits per heavy atom. The highest BCUT2D eigenvalue weighted by Crippen LogP contribution is 2.26. The third kappa shape index (κ3) is 2.83. The maximum atomic E-state index is 12.9. The van der Waals surface area contributed by atoms with Gasteiger partial charge in [-0.3, -0.25) is 4.79 Å². The van der Waals surface area contributed by atoms with E-state index in [1.165, 1.54) is 12.1 Å². The summed E-state index contributed by atoms with van der Waals surface area (Å²) >= 11 is 0. The number of carbonyl (C=O) groups is 1. The van der Waals surface area contributed by atoms with Gasteiger partial charge in [0.25, 0.3) is 0 Å². The van der Waals surface area contributed by atoms with Gasteiger partial charge in [0.05, 0.1) is 11.5 Å². The van der Waals surface area contributed by atoms with Crippen LogP contribution in [0.3, 0.4) is 0 Å². The van der Waals surface area contributed by atoms with Crippen LogP contribution in [-0.4, -0.2) is 37.9 Å². The van der Waals surface area contributed by atoms with Gasteiger partial charge in [-0.15, -0.1) is 0 Å². The molecule has 1 unspecified atom stereocenters. The molecule has 1 atom stereocenters. The van der Waals surface area contributed by atoms with Crippen molar-refractivity contribution in [2.75, 3.05) is 13.2 Å². The zero-order valence-electron chi connectivity index (χ0n) is 11.1. The molecule has 0 N–H and O–H groups in total. The lowest BCUT2D eigenvalue weighted by Gasteiger charge is -2.22. The van der Waals surface area contributed by atoms with Gasteiger partial charge in [0.15, 0.2) is 0 Å². The van der Waals surface area contributed by atoms with E-state index in [2.05, 4.69) is 0 Å². The molecule has 1 saturated heterocycles. The van der Waals surface area contributed by atoms with Gasteiger partial charge in [-0.2, -0.15) is 4.31 Å². The molecule has 1 heterocycles. The zero-order valence-corrected chi connectivity index (χ0v) is 11.9. The van der Waals surface area contributed by atoms with Crippen LogP contribution < -0.4 is 0 Å². The summed E-state index contributed by atoms with van der Waals surface area (Å²) in [7, 11) is -3.80. The van der Waals surface area contributed by atoms with Crippen molar-refractivity contribution >= 4 is 16.0 Å². The van der Waals surface area contributed by atoms with Crippen molar-refractivity contribution < 1.29 is 22.3 Å². The first-order valence-corrected chi connectivity index (χ1v) is 7.85. The lowest BCUT2D eigenvalue weighted by atomic mass is 10.2. The maximum Gasteiger partial charge on any atom is 0.324 e. The van der Waals surface area contributed by atoms with Crippen LogP contribution in [-0.2, 0) is 19.6 Å². The lowest BCUT2D eigenvalue weighted by molar-refractivity contribution is -0.146. The van der Waals surface area contributed by atoms with E-state index >= 15 is 0 Å². The molecule has 1 aromatic carbocycles. The van der Waals surface area contributed by atoms with Gasteiger partial charge < -0.3 is 4.74 Å². The molecule has 0 saturated carbocycles. The number of carbonyl (C=O) groups excluding carboxylic acids is 1. The highest BCUT2D eigenvalue weighted by molar-refractivity contribution is 7.89. The molecular weight excluding hydrogens is 285 g/mol. The van der Waals surface area contributed by atoms with Crippen molar-refractivity contribution in [1.29, 1.82) is 0 Å². The van der Waals surface area contributed by atoms with Gasteiger partial charge in [-0.25, -0.2) is 12.8 Å². The van der Waals surface area contributed by atoms with Gasteiger partial charge in [0.2, 0.25) is 10.0 Å². The van der Waals surface area contributed by atoms with Crippen molar-refractivity contribution in [3.63, 3.8) is 0 Å². The minimum absolute atomic E-state index is 0.0184. The second-order valence-electron chi connectivity index (χ2n) is 4.48. The summed E-state index contributed by atoms with van der Waals surface area (Å²) in [6.45, 7) is 2.15. The molecule has 20 heavy (non-hydrogen) atoms. The highest BCUT2D eigenvalue weighted by Gasteiger charge is 2.40. The van der Waals surface area contributed by atoms with Crippen LogP contribution in [0.5, 0.6) is 0 Å². The average Bonchev–Trinajstić information content (AvgIpc) is 2.89. The fourth-order valence-corrected chi connectivity index (χ4v) is 3.89. The monoisotopic (exact) mass is 301 g/mol. The van der Waals surface area contributed by atoms with Crippen molar-refractivity contribution in [2.24, 2.45) is 0 Å². The van der Waals surface area contributed by atoms with E-state index in [-0.39, 0.29) is 18.0 Å². The number of nitrogens with zero attached hydrogens (tertiary/aromatic N) is 1.